The number of para-hydroxylation sites is 1. The van der Waals surface area contributed by atoms with Crippen LogP contribution in [0.25, 0.3) is 0 Å². The lowest BCUT2D eigenvalue weighted by molar-refractivity contribution is -0.0125. The van der Waals surface area contributed by atoms with Crippen LogP contribution in [0.15, 0.2) is 22.7 Å². The number of aliphatic hydroxyl groups is 1. The summed E-state index contributed by atoms with van der Waals surface area (Å²) < 4.78 is 12.1. The van der Waals surface area contributed by atoms with Crippen molar-refractivity contribution in [3.63, 3.8) is 0 Å². The van der Waals surface area contributed by atoms with Gasteiger partial charge in [0.1, 0.15) is 18.5 Å². The fourth-order valence-electron chi connectivity index (χ4n) is 1.79. The molecule has 1 unspecified atom stereocenters. The lowest BCUT2D eigenvalue weighted by Crippen LogP contribution is -2.25. The third-order valence-electron chi connectivity index (χ3n) is 2.83. The maximum absolute atomic E-state index is 9.87. The molecule has 0 spiro atoms. The smallest absolute Gasteiger partial charge is 0.138 e. The second-order valence-corrected chi connectivity index (χ2v) is 6.11. The first kappa shape index (κ1) is 18.4. The predicted molar refractivity (Wildman–Crippen MR) is 88.7 cm³/mol. The average molecular weight is 360 g/mol. The largest absolute Gasteiger partial charge is 0.489 e. The monoisotopic (exact) mass is 359 g/mol. The molecule has 0 aliphatic heterocycles. The molecular formula is C16H26BrNO3. The van der Waals surface area contributed by atoms with Crippen molar-refractivity contribution in [2.45, 2.75) is 45.9 Å². The van der Waals surface area contributed by atoms with E-state index in [1.165, 1.54) is 0 Å². The van der Waals surface area contributed by atoms with Crippen molar-refractivity contribution < 1.29 is 14.6 Å². The molecule has 1 rings (SSSR count). The summed E-state index contributed by atoms with van der Waals surface area (Å²) >= 11 is 3.50. The van der Waals surface area contributed by atoms with Gasteiger partial charge in [-0.1, -0.05) is 19.1 Å². The third kappa shape index (κ3) is 7.27. The zero-order chi connectivity index (χ0) is 15.7. The highest BCUT2D eigenvalue weighted by Crippen LogP contribution is 2.29. The van der Waals surface area contributed by atoms with Crippen molar-refractivity contribution in [1.29, 1.82) is 0 Å². The summed E-state index contributed by atoms with van der Waals surface area (Å²) in [5, 5.41) is 13.2. The Kier molecular flexibility index (Phi) is 8.92. The summed E-state index contributed by atoms with van der Waals surface area (Å²) in [6.07, 6.45) is 0.572. The number of rotatable bonds is 10. The molecule has 0 heterocycles. The fourth-order valence-corrected chi connectivity index (χ4v) is 2.31. The molecular weight excluding hydrogens is 334 g/mol. The molecule has 0 amide bonds. The minimum absolute atomic E-state index is 0.108. The molecule has 0 aliphatic rings. The van der Waals surface area contributed by atoms with Gasteiger partial charge in [-0.2, -0.15) is 0 Å². The SMILES string of the molecule is CCCNCc1cccc(Br)c1OCC(O)COC(C)C. The number of nitrogens with one attached hydrogen (secondary N) is 1. The van der Waals surface area contributed by atoms with Crippen LogP contribution in [0.4, 0.5) is 0 Å². The van der Waals surface area contributed by atoms with E-state index in [2.05, 4.69) is 28.2 Å². The van der Waals surface area contributed by atoms with E-state index in [-0.39, 0.29) is 19.3 Å². The number of hydrogen-bond acceptors (Lipinski definition) is 4. The summed E-state index contributed by atoms with van der Waals surface area (Å²) in [4.78, 5) is 0. The first-order valence-electron chi connectivity index (χ1n) is 7.45. The van der Waals surface area contributed by atoms with Crippen molar-refractivity contribution in [3.8, 4) is 5.75 Å². The quantitative estimate of drug-likeness (QED) is 0.630. The second-order valence-electron chi connectivity index (χ2n) is 5.25. The summed E-state index contributed by atoms with van der Waals surface area (Å²) in [6.45, 7) is 8.24. The Hall–Kier alpha value is -0.620. The van der Waals surface area contributed by atoms with Gasteiger partial charge in [0, 0.05) is 12.1 Å². The van der Waals surface area contributed by atoms with Crippen molar-refractivity contribution >= 4 is 15.9 Å². The average Bonchev–Trinajstić information content (AvgIpc) is 2.44. The highest BCUT2D eigenvalue weighted by molar-refractivity contribution is 9.10. The molecule has 0 saturated heterocycles. The number of halogens is 1. The fraction of sp³-hybridized carbons (Fsp3) is 0.625. The van der Waals surface area contributed by atoms with Crippen LogP contribution < -0.4 is 10.1 Å². The molecule has 4 nitrogen and oxygen atoms in total. The Balaban J connectivity index is 2.56. The van der Waals surface area contributed by atoms with E-state index in [1.54, 1.807) is 0 Å². The van der Waals surface area contributed by atoms with Gasteiger partial charge in [0.05, 0.1) is 17.2 Å². The number of hydrogen-bond donors (Lipinski definition) is 2. The number of ether oxygens (including phenoxy) is 2. The van der Waals surface area contributed by atoms with Gasteiger partial charge in [-0.3, -0.25) is 0 Å². The number of aliphatic hydroxyl groups excluding tert-OH is 1. The Morgan fingerprint density at radius 1 is 1.29 bits per heavy atom. The van der Waals surface area contributed by atoms with Crippen LogP contribution in [0.5, 0.6) is 5.75 Å². The van der Waals surface area contributed by atoms with Crippen LogP contribution in [0, 0.1) is 0 Å². The van der Waals surface area contributed by atoms with Crippen LogP contribution in [-0.2, 0) is 11.3 Å². The van der Waals surface area contributed by atoms with E-state index in [0.717, 1.165) is 35.3 Å². The molecule has 21 heavy (non-hydrogen) atoms. The first-order chi connectivity index (χ1) is 10.0. The van der Waals surface area contributed by atoms with Gasteiger partial charge in [-0.05, 0) is 48.8 Å². The molecule has 120 valence electrons. The van der Waals surface area contributed by atoms with Crippen LogP contribution in [-0.4, -0.2) is 37.1 Å². The van der Waals surface area contributed by atoms with Crippen molar-refractivity contribution in [2.24, 2.45) is 0 Å². The Labute approximate surface area is 136 Å². The van der Waals surface area contributed by atoms with Gasteiger partial charge >= 0.3 is 0 Å². The van der Waals surface area contributed by atoms with Gasteiger partial charge in [-0.25, -0.2) is 0 Å². The second kappa shape index (κ2) is 10.2. The predicted octanol–water partition coefficient (Wildman–Crippen LogP) is 3.11. The minimum Gasteiger partial charge on any atom is -0.489 e. The molecule has 2 N–H and O–H groups in total. The molecule has 1 aromatic carbocycles. The molecule has 1 aromatic rings. The van der Waals surface area contributed by atoms with E-state index in [9.17, 15) is 5.11 Å². The van der Waals surface area contributed by atoms with Gasteiger partial charge in [0.15, 0.2) is 0 Å². The maximum atomic E-state index is 9.87. The van der Waals surface area contributed by atoms with Gasteiger partial charge in [0.25, 0.3) is 0 Å². The zero-order valence-electron chi connectivity index (χ0n) is 13.1. The van der Waals surface area contributed by atoms with E-state index in [4.69, 9.17) is 9.47 Å². The van der Waals surface area contributed by atoms with E-state index in [0.29, 0.717) is 0 Å². The lowest BCUT2D eigenvalue weighted by Gasteiger charge is -2.17. The highest BCUT2D eigenvalue weighted by atomic mass is 79.9. The van der Waals surface area contributed by atoms with Gasteiger partial charge in [-0.15, -0.1) is 0 Å². The van der Waals surface area contributed by atoms with Crippen LogP contribution in [0.3, 0.4) is 0 Å². The van der Waals surface area contributed by atoms with E-state index in [1.807, 2.05) is 32.0 Å². The molecule has 0 radical (unpaired) electrons. The first-order valence-corrected chi connectivity index (χ1v) is 8.24. The number of benzene rings is 1. The van der Waals surface area contributed by atoms with Crippen LogP contribution in [0.1, 0.15) is 32.8 Å². The van der Waals surface area contributed by atoms with Gasteiger partial charge in [0.2, 0.25) is 0 Å². The van der Waals surface area contributed by atoms with E-state index < -0.39 is 6.10 Å². The molecule has 0 aromatic heterocycles. The minimum atomic E-state index is -0.629. The molecule has 5 heteroatoms. The van der Waals surface area contributed by atoms with Crippen LogP contribution in [0.2, 0.25) is 0 Å². The van der Waals surface area contributed by atoms with Crippen molar-refractivity contribution in [1.82, 2.24) is 5.32 Å². The Morgan fingerprint density at radius 2 is 2.05 bits per heavy atom. The lowest BCUT2D eigenvalue weighted by atomic mass is 10.2. The molecule has 0 saturated carbocycles. The zero-order valence-corrected chi connectivity index (χ0v) is 14.6. The topological polar surface area (TPSA) is 50.7 Å². The molecule has 0 fully saturated rings. The van der Waals surface area contributed by atoms with Crippen molar-refractivity contribution in [3.05, 3.63) is 28.2 Å². The van der Waals surface area contributed by atoms with E-state index >= 15 is 0 Å². The molecule has 0 bridgehead atoms. The third-order valence-corrected chi connectivity index (χ3v) is 3.46. The standard InChI is InChI=1S/C16H26BrNO3/c1-4-8-18-9-13-6-5-7-15(17)16(13)21-11-14(19)10-20-12(2)3/h5-7,12,14,18-19H,4,8-11H2,1-3H3. The van der Waals surface area contributed by atoms with Crippen LogP contribution >= 0.6 is 15.9 Å². The summed E-state index contributed by atoms with van der Waals surface area (Å²) in [5.41, 5.74) is 1.08. The van der Waals surface area contributed by atoms with Crippen molar-refractivity contribution in [2.75, 3.05) is 19.8 Å². The molecule has 0 aliphatic carbocycles. The normalized spacial score (nSPS) is 12.7. The Morgan fingerprint density at radius 3 is 2.71 bits per heavy atom. The molecule has 1 atom stereocenters. The van der Waals surface area contributed by atoms with Gasteiger partial charge < -0.3 is 19.9 Å². The highest BCUT2D eigenvalue weighted by Gasteiger charge is 2.12. The Bertz CT molecular complexity index is 413. The summed E-state index contributed by atoms with van der Waals surface area (Å²) in [5.74, 6) is 0.782. The summed E-state index contributed by atoms with van der Waals surface area (Å²) in [7, 11) is 0. The maximum Gasteiger partial charge on any atom is 0.138 e. The summed E-state index contributed by atoms with van der Waals surface area (Å²) in [6, 6.07) is 5.95.